The molecular weight excluding hydrogens is 258 g/mol. The summed E-state index contributed by atoms with van der Waals surface area (Å²) in [6.45, 7) is 3.98. The minimum absolute atomic E-state index is 0.183. The fourth-order valence-electron chi connectivity index (χ4n) is 3.09. The molecule has 2 heteroatoms. The van der Waals surface area contributed by atoms with E-state index < -0.39 is 0 Å². The Morgan fingerprint density at radius 1 is 1.00 bits per heavy atom. The highest BCUT2D eigenvalue weighted by atomic mass is 16.2. The highest BCUT2D eigenvalue weighted by Crippen LogP contribution is 2.29. The van der Waals surface area contributed by atoms with Gasteiger partial charge in [-0.25, -0.2) is 0 Å². The maximum absolute atomic E-state index is 13.0. The molecule has 0 N–H and O–H groups in total. The Bertz CT molecular complexity index is 554. The lowest BCUT2D eigenvalue weighted by Gasteiger charge is -2.24. The second-order valence-corrected chi connectivity index (χ2v) is 5.93. The van der Waals surface area contributed by atoms with Gasteiger partial charge in [0.1, 0.15) is 0 Å². The van der Waals surface area contributed by atoms with Crippen LogP contribution in [0.3, 0.4) is 0 Å². The molecule has 0 saturated carbocycles. The first-order valence-corrected chi connectivity index (χ1v) is 7.64. The quantitative estimate of drug-likeness (QED) is 0.839. The van der Waals surface area contributed by atoms with Crippen LogP contribution < -0.4 is 0 Å². The number of rotatable bonds is 3. The SMILES string of the molecule is CC1CCN(C(=O)C(c2ccccc2)c2ccccc2)C1. The molecule has 0 aromatic heterocycles. The van der Waals surface area contributed by atoms with Crippen LogP contribution in [0, 0.1) is 5.92 Å². The lowest BCUT2D eigenvalue weighted by atomic mass is 9.90. The van der Waals surface area contributed by atoms with Crippen molar-refractivity contribution in [3.05, 3.63) is 71.8 Å². The average molecular weight is 279 g/mol. The zero-order chi connectivity index (χ0) is 14.7. The van der Waals surface area contributed by atoms with E-state index in [9.17, 15) is 4.79 Å². The topological polar surface area (TPSA) is 20.3 Å². The van der Waals surface area contributed by atoms with Crippen molar-refractivity contribution in [3.8, 4) is 0 Å². The number of carbonyl (C=O) groups is 1. The van der Waals surface area contributed by atoms with E-state index >= 15 is 0 Å². The van der Waals surface area contributed by atoms with Crippen LogP contribution in [0.25, 0.3) is 0 Å². The van der Waals surface area contributed by atoms with E-state index in [-0.39, 0.29) is 11.8 Å². The zero-order valence-electron chi connectivity index (χ0n) is 12.4. The molecule has 1 fully saturated rings. The summed E-state index contributed by atoms with van der Waals surface area (Å²) in [6.07, 6.45) is 1.11. The van der Waals surface area contributed by atoms with Crippen molar-refractivity contribution in [1.82, 2.24) is 4.90 Å². The van der Waals surface area contributed by atoms with Crippen molar-refractivity contribution in [1.29, 1.82) is 0 Å². The van der Waals surface area contributed by atoms with Crippen molar-refractivity contribution in [3.63, 3.8) is 0 Å². The molecule has 108 valence electrons. The van der Waals surface area contributed by atoms with Crippen LogP contribution in [-0.4, -0.2) is 23.9 Å². The Morgan fingerprint density at radius 3 is 1.95 bits per heavy atom. The fourth-order valence-corrected chi connectivity index (χ4v) is 3.09. The lowest BCUT2D eigenvalue weighted by molar-refractivity contribution is -0.130. The Hall–Kier alpha value is -2.09. The van der Waals surface area contributed by atoms with E-state index in [0.29, 0.717) is 5.92 Å². The molecule has 0 spiro atoms. The Kier molecular flexibility index (Phi) is 4.05. The van der Waals surface area contributed by atoms with E-state index in [1.54, 1.807) is 0 Å². The maximum atomic E-state index is 13.0. The Labute approximate surface area is 126 Å². The summed E-state index contributed by atoms with van der Waals surface area (Å²) < 4.78 is 0. The van der Waals surface area contributed by atoms with Gasteiger partial charge >= 0.3 is 0 Å². The van der Waals surface area contributed by atoms with E-state index in [1.165, 1.54) is 0 Å². The monoisotopic (exact) mass is 279 g/mol. The van der Waals surface area contributed by atoms with Crippen LogP contribution in [0.2, 0.25) is 0 Å². The van der Waals surface area contributed by atoms with Crippen molar-refractivity contribution in [2.24, 2.45) is 5.92 Å². The van der Waals surface area contributed by atoms with Crippen molar-refractivity contribution >= 4 is 5.91 Å². The summed E-state index contributed by atoms with van der Waals surface area (Å²) in [5.41, 5.74) is 2.15. The van der Waals surface area contributed by atoms with Crippen molar-refractivity contribution in [2.45, 2.75) is 19.3 Å². The summed E-state index contributed by atoms with van der Waals surface area (Å²) in [5, 5.41) is 0. The van der Waals surface area contributed by atoms with Crippen LogP contribution in [-0.2, 0) is 4.79 Å². The maximum Gasteiger partial charge on any atom is 0.234 e. The predicted octanol–water partition coefficient (Wildman–Crippen LogP) is 3.69. The summed E-state index contributed by atoms with van der Waals surface area (Å²) in [5.74, 6) is 0.663. The molecule has 1 saturated heterocycles. The van der Waals surface area contributed by atoms with Gasteiger partial charge in [-0.2, -0.15) is 0 Å². The zero-order valence-corrected chi connectivity index (χ0v) is 12.4. The fraction of sp³-hybridized carbons (Fsp3) is 0.316. The van der Waals surface area contributed by atoms with Gasteiger partial charge in [-0.15, -0.1) is 0 Å². The van der Waals surface area contributed by atoms with Crippen LogP contribution in [0.5, 0.6) is 0 Å². The summed E-state index contributed by atoms with van der Waals surface area (Å²) in [7, 11) is 0. The van der Waals surface area contributed by atoms with Crippen LogP contribution in [0.4, 0.5) is 0 Å². The number of likely N-dealkylation sites (tertiary alicyclic amines) is 1. The number of benzene rings is 2. The van der Waals surface area contributed by atoms with Crippen LogP contribution in [0.15, 0.2) is 60.7 Å². The molecule has 1 aliphatic heterocycles. The summed E-state index contributed by atoms with van der Waals surface area (Å²) in [4.78, 5) is 15.0. The highest BCUT2D eigenvalue weighted by Gasteiger charge is 2.30. The molecule has 2 aromatic rings. The summed E-state index contributed by atoms with van der Waals surface area (Å²) >= 11 is 0. The Balaban J connectivity index is 1.95. The van der Waals surface area contributed by atoms with Gasteiger partial charge in [-0.3, -0.25) is 4.79 Å². The van der Waals surface area contributed by atoms with Crippen LogP contribution in [0.1, 0.15) is 30.4 Å². The van der Waals surface area contributed by atoms with Gasteiger partial charge in [-0.05, 0) is 23.5 Å². The van der Waals surface area contributed by atoms with Gasteiger partial charge in [0.15, 0.2) is 0 Å². The lowest BCUT2D eigenvalue weighted by Crippen LogP contribution is -2.33. The number of hydrogen-bond acceptors (Lipinski definition) is 1. The molecule has 0 aliphatic carbocycles. The molecule has 0 radical (unpaired) electrons. The number of nitrogens with zero attached hydrogens (tertiary/aromatic N) is 1. The molecule has 0 bridgehead atoms. The van der Waals surface area contributed by atoms with E-state index in [4.69, 9.17) is 0 Å². The molecule has 2 aromatic carbocycles. The van der Waals surface area contributed by atoms with Gasteiger partial charge in [0, 0.05) is 13.1 Å². The van der Waals surface area contributed by atoms with Gasteiger partial charge in [0.05, 0.1) is 5.92 Å². The molecule has 1 aliphatic rings. The second kappa shape index (κ2) is 6.13. The standard InChI is InChI=1S/C19H21NO/c1-15-12-13-20(14-15)19(21)18(16-8-4-2-5-9-16)17-10-6-3-7-11-17/h2-11,15,18H,12-14H2,1H3. The predicted molar refractivity (Wildman–Crippen MR) is 85.1 cm³/mol. The van der Waals surface area contributed by atoms with Crippen LogP contribution >= 0.6 is 0 Å². The first kappa shape index (κ1) is 13.9. The molecule has 21 heavy (non-hydrogen) atoms. The molecule has 1 unspecified atom stereocenters. The van der Waals surface area contributed by atoms with Gasteiger partial charge in [0.2, 0.25) is 5.91 Å². The molecular formula is C19H21NO. The van der Waals surface area contributed by atoms with Crippen molar-refractivity contribution < 1.29 is 4.79 Å². The van der Waals surface area contributed by atoms with E-state index in [2.05, 4.69) is 31.2 Å². The Morgan fingerprint density at radius 2 is 1.52 bits per heavy atom. The van der Waals surface area contributed by atoms with Gasteiger partial charge in [0.25, 0.3) is 0 Å². The van der Waals surface area contributed by atoms with Gasteiger partial charge < -0.3 is 4.90 Å². The normalized spacial score (nSPS) is 18.2. The molecule has 1 atom stereocenters. The third kappa shape index (κ3) is 2.99. The number of hydrogen-bond donors (Lipinski definition) is 0. The molecule has 3 rings (SSSR count). The smallest absolute Gasteiger partial charge is 0.234 e. The average Bonchev–Trinajstić information content (AvgIpc) is 2.96. The largest absolute Gasteiger partial charge is 0.342 e. The molecule has 1 heterocycles. The summed E-state index contributed by atoms with van der Waals surface area (Å²) in [6, 6.07) is 20.2. The van der Waals surface area contributed by atoms with Crippen molar-refractivity contribution in [2.75, 3.05) is 13.1 Å². The third-order valence-electron chi connectivity index (χ3n) is 4.25. The number of carbonyl (C=O) groups excluding carboxylic acids is 1. The molecule has 2 nitrogen and oxygen atoms in total. The first-order chi connectivity index (χ1) is 10.3. The first-order valence-electron chi connectivity index (χ1n) is 7.64. The molecule has 1 amide bonds. The van der Waals surface area contributed by atoms with E-state index in [1.807, 2.05) is 41.3 Å². The van der Waals surface area contributed by atoms with Gasteiger partial charge in [-0.1, -0.05) is 67.6 Å². The number of amides is 1. The van der Waals surface area contributed by atoms with E-state index in [0.717, 1.165) is 30.6 Å². The minimum atomic E-state index is -0.183. The minimum Gasteiger partial charge on any atom is -0.342 e. The third-order valence-corrected chi connectivity index (χ3v) is 4.25. The highest BCUT2D eigenvalue weighted by molar-refractivity contribution is 5.87. The second-order valence-electron chi connectivity index (χ2n) is 5.93.